The SMILES string of the molecule is CCC(CC)CNC(=O)NC1CCCCC1O. The van der Waals surface area contributed by atoms with Crippen molar-refractivity contribution in [2.45, 2.75) is 64.5 Å². The van der Waals surface area contributed by atoms with E-state index in [1.54, 1.807) is 0 Å². The van der Waals surface area contributed by atoms with E-state index in [1.165, 1.54) is 0 Å². The summed E-state index contributed by atoms with van der Waals surface area (Å²) >= 11 is 0. The van der Waals surface area contributed by atoms with Crippen LogP contribution in [-0.4, -0.2) is 29.8 Å². The molecule has 0 bridgehead atoms. The Balaban J connectivity index is 2.23. The van der Waals surface area contributed by atoms with E-state index in [4.69, 9.17) is 0 Å². The Kier molecular flexibility index (Phi) is 6.34. The molecule has 1 fully saturated rings. The molecule has 4 heteroatoms. The van der Waals surface area contributed by atoms with Gasteiger partial charge >= 0.3 is 6.03 Å². The van der Waals surface area contributed by atoms with Crippen molar-refractivity contribution in [2.75, 3.05) is 6.54 Å². The molecule has 1 rings (SSSR count). The van der Waals surface area contributed by atoms with E-state index in [0.29, 0.717) is 5.92 Å². The highest BCUT2D eigenvalue weighted by Crippen LogP contribution is 2.18. The normalized spacial score (nSPS) is 24.7. The van der Waals surface area contributed by atoms with Gasteiger partial charge in [-0.25, -0.2) is 4.79 Å². The highest BCUT2D eigenvalue weighted by Gasteiger charge is 2.24. The Morgan fingerprint density at radius 2 is 1.94 bits per heavy atom. The minimum Gasteiger partial charge on any atom is -0.391 e. The van der Waals surface area contributed by atoms with Crippen LogP contribution in [0.2, 0.25) is 0 Å². The molecule has 2 atom stereocenters. The molecule has 3 N–H and O–H groups in total. The van der Waals surface area contributed by atoms with Crippen molar-refractivity contribution < 1.29 is 9.90 Å². The number of rotatable bonds is 5. The lowest BCUT2D eigenvalue weighted by atomic mass is 9.93. The number of carbonyl (C=O) groups is 1. The second-order valence-corrected chi connectivity index (χ2v) is 5.00. The van der Waals surface area contributed by atoms with Crippen LogP contribution < -0.4 is 10.6 Å². The van der Waals surface area contributed by atoms with Crippen LogP contribution in [0.15, 0.2) is 0 Å². The zero-order chi connectivity index (χ0) is 12.7. The van der Waals surface area contributed by atoms with Crippen LogP contribution in [0, 0.1) is 5.92 Å². The maximum atomic E-state index is 11.7. The molecule has 0 aromatic carbocycles. The summed E-state index contributed by atoms with van der Waals surface area (Å²) in [7, 11) is 0. The molecule has 2 unspecified atom stereocenters. The molecule has 0 saturated heterocycles. The van der Waals surface area contributed by atoms with Gasteiger partial charge in [-0.1, -0.05) is 39.5 Å². The van der Waals surface area contributed by atoms with Crippen LogP contribution in [0.25, 0.3) is 0 Å². The van der Waals surface area contributed by atoms with Crippen LogP contribution in [0.3, 0.4) is 0 Å². The largest absolute Gasteiger partial charge is 0.391 e. The first-order valence-electron chi connectivity index (χ1n) is 6.89. The third-order valence-electron chi connectivity index (χ3n) is 3.75. The molecule has 0 heterocycles. The number of amides is 2. The van der Waals surface area contributed by atoms with Crippen molar-refractivity contribution in [3.8, 4) is 0 Å². The zero-order valence-corrected chi connectivity index (χ0v) is 11.0. The quantitative estimate of drug-likeness (QED) is 0.690. The first kappa shape index (κ1) is 14.3. The predicted molar refractivity (Wildman–Crippen MR) is 68.9 cm³/mol. The van der Waals surface area contributed by atoms with E-state index < -0.39 is 0 Å². The molecule has 1 saturated carbocycles. The first-order chi connectivity index (χ1) is 8.17. The lowest BCUT2D eigenvalue weighted by Crippen LogP contribution is -2.49. The Hall–Kier alpha value is -0.770. The van der Waals surface area contributed by atoms with Gasteiger partial charge in [0.25, 0.3) is 0 Å². The monoisotopic (exact) mass is 242 g/mol. The summed E-state index contributed by atoms with van der Waals surface area (Å²) in [6.07, 6.45) is 5.65. The fraction of sp³-hybridized carbons (Fsp3) is 0.923. The minimum absolute atomic E-state index is 0.0644. The molecule has 0 radical (unpaired) electrons. The average molecular weight is 242 g/mol. The summed E-state index contributed by atoms with van der Waals surface area (Å²) in [5, 5.41) is 15.5. The average Bonchev–Trinajstić information content (AvgIpc) is 2.33. The lowest BCUT2D eigenvalue weighted by molar-refractivity contribution is 0.0942. The maximum absolute atomic E-state index is 11.7. The van der Waals surface area contributed by atoms with Gasteiger partial charge in [0, 0.05) is 6.54 Å². The summed E-state index contributed by atoms with van der Waals surface area (Å²) in [5.41, 5.74) is 0. The molecular weight excluding hydrogens is 216 g/mol. The van der Waals surface area contributed by atoms with E-state index in [0.717, 1.165) is 45.1 Å². The second kappa shape index (κ2) is 7.54. The summed E-state index contributed by atoms with van der Waals surface area (Å²) in [6.45, 7) is 5.00. The smallest absolute Gasteiger partial charge is 0.315 e. The molecule has 1 aliphatic rings. The maximum Gasteiger partial charge on any atom is 0.315 e. The molecule has 4 nitrogen and oxygen atoms in total. The molecule has 100 valence electrons. The molecule has 0 aromatic heterocycles. The number of nitrogens with one attached hydrogen (secondary N) is 2. The van der Waals surface area contributed by atoms with Crippen LogP contribution in [0.1, 0.15) is 52.4 Å². The molecule has 2 amide bonds. The third kappa shape index (κ3) is 4.94. The number of carbonyl (C=O) groups excluding carboxylic acids is 1. The van der Waals surface area contributed by atoms with Crippen LogP contribution >= 0.6 is 0 Å². The second-order valence-electron chi connectivity index (χ2n) is 5.00. The minimum atomic E-state index is -0.373. The van der Waals surface area contributed by atoms with Crippen molar-refractivity contribution in [1.29, 1.82) is 0 Å². The summed E-state index contributed by atoms with van der Waals surface area (Å²) < 4.78 is 0. The molecule has 0 aliphatic heterocycles. The van der Waals surface area contributed by atoms with Gasteiger partial charge < -0.3 is 15.7 Å². The highest BCUT2D eigenvalue weighted by molar-refractivity contribution is 5.74. The Labute approximate surface area is 104 Å². The number of aliphatic hydroxyl groups excluding tert-OH is 1. The molecule has 0 aromatic rings. The van der Waals surface area contributed by atoms with Crippen LogP contribution in [0.5, 0.6) is 0 Å². The summed E-state index contributed by atoms with van der Waals surface area (Å²) in [6, 6.07) is -0.201. The molecular formula is C13H26N2O2. The Morgan fingerprint density at radius 1 is 1.29 bits per heavy atom. The predicted octanol–water partition coefficient (Wildman–Crippen LogP) is 2.03. The first-order valence-corrected chi connectivity index (χ1v) is 6.89. The molecule has 17 heavy (non-hydrogen) atoms. The third-order valence-corrected chi connectivity index (χ3v) is 3.75. The topological polar surface area (TPSA) is 61.4 Å². The van der Waals surface area contributed by atoms with E-state index >= 15 is 0 Å². The molecule has 1 aliphatic carbocycles. The van der Waals surface area contributed by atoms with E-state index in [1.807, 2.05) is 0 Å². The van der Waals surface area contributed by atoms with Crippen LogP contribution in [-0.2, 0) is 0 Å². The Bertz CT molecular complexity index is 229. The lowest BCUT2D eigenvalue weighted by Gasteiger charge is -2.28. The van der Waals surface area contributed by atoms with Crippen molar-refractivity contribution in [3.63, 3.8) is 0 Å². The van der Waals surface area contributed by atoms with E-state index in [-0.39, 0.29) is 18.2 Å². The van der Waals surface area contributed by atoms with Gasteiger partial charge in [-0.3, -0.25) is 0 Å². The van der Waals surface area contributed by atoms with Gasteiger partial charge in [0.05, 0.1) is 12.1 Å². The number of hydrogen-bond acceptors (Lipinski definition) is 2. The van der Waals surface area contributed by atoms with Gasteiger partial charge in [-0.2, -0.15) is 0 Å². The molecule has 0 spiro atoms. The van der Waals surface area contributed by atoms with Crippen molar-refractivity contribution in [3.05, 3.63) is 0 Å². The van der Waals surface area contributed by atoms with Gasteiger partial charge in [0.2, 0.25) is 0 Å². The number of aliphatic hydroxyl groups is 1. The number of hydrogen-bond donors (Lipinski definition) is 3. The van der Waals surface area contributed by atoms with Gasteiger partial charge in [0.15, 0.2) is 0 Å². The van der Waals surface area contributed by atoms with Crippen molar-refractivity contribution >= 4 is 6.03 Å². The fourth-order valence-corrected chi connectivity index (χ4v) is 2.31. The van der Waals surface area contributed by atoms with Crippen molar-refractivity contribution in [1.82, 2.24) is 10.6 Å². The fourth-order valence-electron chi connectivity index (χ4n) is 2.31. The van der Waals surface area contributed by atoms with E-state index in [2.05, 4.69) is 24.5 Å². The van der Waals surface area contributed by atoms with E-state index in [9.17, 15) is 9.90 Å². The zero-order valence-electron chi connectivity index (χ0n) is 11.0. The highest BCUT2D eigenvalue weighted by atomic mass is 16.3. The number of urea groups is 1. The van der Waals surface area contributed by atoms with Crippen molar-refractivity contribution in [2.24, 2.45) is 5.92 Å². The van der Waals surface area contributed by atoms with Crippen LogP contribution in [0.4, 0.5) is 4.79 Å². The van der Waals surface area contributed by atoms with Gasteiger partial charge in [0.1, 0.15) is 0 Å². The van der Waals surface area contributed by atoms with Gasteiger partial charge in [-0.15, -0.1) is 0 Å². The standard InChI is InChI=1S/C13H26N2O2/c1-3-10(4-2)9-14-13(17)15-11-7-5-6-8-12(11)16/h10-12,16H,3-9H2,1-2H3,(H2,14,15,17). The van der Waals surface area contributed by atoms with Gasteiger partial charge in [-0.05, 0) is 18.8 Å². The summed E-state index contributed by atoms with van der Waals surface area (Å²) in [4.78, 5) is 11.7. The Morgan fingerprint density at radius 3 is 2.53 bits per heavy atom. The summed E-state index contributed by atoms with van der Waals surface area (Å²) in [5.74, 6) is 0.553.